The molecule has 3 rings (SSSR count). The maximum Gasteiger partial charge on any atom is 0.263 e. The predicted octanol–water partition coefficient (Wildman–Crippen LogP) is 4.44. The summed E-state index contributed by atoms with van der Waals surface area (Å²) in [5.41, 5.74) is 3.83. The number of likely N-dealkylation sites (N-methyl/N-ethyl adjacent to an activating group) is 1. The Balaban J connectivity index is 1.58. The topological polar surface area (TPSA) is 58.6 Å². The quantitative estimate of drug-likeness (QED) is 0.703. The van der Waals surface area contributed by atoms with E-state index >= 15 is 0 Å². The molecule has 0 aliphatic heterocycles. The molecule has 1 aliphatic carbocycles. The van der Waals surface area contributed by atoms with Gasteiger partial charge in [-0.05, 0) is 67.5 Å². The second kappa shape index (κ2) is 9.33. The van der Waals surface area contributed by atoms with Gasteiger partial charge in [0.25, 0.3) is 11.8 Å². The SMILES string of the molecule is Cc1ccc(C(C)C)cc1O[C@@H](C)C(=O)N(C)Cc1ccc(C(=O)NC2CC2)cc1. The Kier molecular flexibility index (Phi) is 6.80. The van der Waals surface area contributed by atoms with Crippen molar-refractivity contribution < 1.29 is 14.3 Å². The molecule has 2 amide bonds. The van der Waals surface area contributed by atoms with Crippen LogP contribution in [0.5, 0.6) is 5.75 Å². The number of carbonyl (C=O) groups is 2. The highest BCUT2D eigenvalue weighted by atomic mass is 16.5. The molecule has 1 atom stereocenters. The molecular formula is C25H32N2O3. The third-order valence-corrected chi connectivity index (χ3v) is 5.46. The average molecular weight is 409 g/mol. The number of carbonyl (C=O) groups excluding carboxylic acids is 2. The number of nitrogens with one attached hydrogen (secondary N) is 1. The van der Waals surface area contributed by atoms with Crippen LogP contribution in [0.3, 0.4) is 0 Å². The summed E-state index contributed by atoms with van der Waals surface area (Å²) in [5.74, 6) is 1.03. The van der Waals surface area contributed by atoms with Gasteiger partial charge in [-0.3, -0.25) is 9.59 Å². The van der Waals surface area contributed by atoms with Gasteiger partial charge in [0.05, 0.1) is 0 Å². The summed E-state index contributed by atoms with van der Waals surface area (Å²) < 4.78 is 6.01. The molecule has 0 heterocycles. The molecule has 0 bridgehead atoms. The molecular weight excluding hydrogens is 376 g/mol. The summed E-state index contributed by atoms with van der Waals surface area (Å²) in [6.45, 7) is 8.50. The van der Waals surface area contributed by atoms with Crippen molar-refractivity contribution in [3.63, 3.8) is 0 Å². The molecule has 5 heteroatoms. The number of nitrogens with zero attached hydrogens (tertiary/aromatic N) is 1. The number of benzene rings is 2. The fraction of sp³-hybridized carbons (Fsp3) is 0.440. The summed E-state index contributed by atoms with van der Waals surface area (Å²) in [4.78, 5) is 26.6. The van der Waals surface area contributed by atoms with Crippen molar-refractivity contribution in [3.05, 3.63) is 64.7 Å². The lowest BCUT2D eigenvalue weighted by Crippen LogP contribution is -2.37. The Labute approximate surface area is 179 Å². The van der Waals surface area contributed by atoms with Crippen LogP contribution in [0.25, 0.3) is 0 Å². The smallest absolute Gasteiger partial charge is 0.263 e. The molecule has 0 unspecified atom stereocenters. The van der Waals surface area contributed by atoms with Crippen LogP contribution in [-0.4, -0.2) is 35.9 Å². The van der Waals surface area contributed by atoms with Crippen LogP contribution in [0.4, 0.5) is 0 Å². The van der Waals surface area contributed by atoms with Crippen molar-refractivity contribution >= 4 is 11.8 Å². The molecule has 30 heavy (non-hydrogen) atoms. The summed E-state index contributed by atoms with van der Waals surface area (Å²) in [5, 5.41) is 2.98. The zero-order chi connectivity index (χ0) is 21.8. The van der Waals surface area contributed by atoms with Gasteiger partial charge in [0.2, 0.25) is 0 Å². The maximum atomic E-state index is 12.8. The van der Waals surface area contributed by atoms with Crippen molar-refractivity contribution in [2.45, 2.75) is 65.1 Å². The van der Waals surface area contributed by atoms with Crippen molar-refractivity contribution in [1.29, 1.82) is 0 Å². The van der Waals surface area contributed by atoms with E-state index in [-0.39, 0.29) is 11.8 Å². The summed E-state index contributed by atoms with van der Waals surface area (Å²) in [6.07, 6.45) is 1.55. The first-order chi connectivity index (χ1) is 14.2. The molecule has 0 saturated heterocycles. The van der Waals surface area contributed by atoms with Gasteiger partial charge < -0.3 is 15.0 Å². The first-order valence-electron chi connectivity index (χ1n) is 10.7. The number of amides is 2. The van der Waals surface area contributed by atoms with Gasteiger partial charge in [0.15, 0.2) is 6.10 Å². The van der Waals surface area contributed by atoms with Gasteiger partial charge in [-0.2, -0.15) is 0 Å². The Morgan fingerprint density at radius 2 is 1.77 bits per heavy atom. The molecule has 0 radical (unpaired) electrons. The average Bonchev–Trinajstić information content (AvgIpc) is 3.53. The van der Waals surface area contributed by atoms with E-state index in [2.05, 4.69) is 25.2 Å². The van der Waals surface area contributed by atoms with Gasteiger partial charge in [-0.15, -0.1) is 0 Å². The van der Waals surface area contributed by atoms with Crippen molar-refractivity contribution in [2.75, 3.05) is 7.05 Å². The molecule has 1 saturated carbocycles. The van der Waals surface area contributed by atoms with E-state index in [0.29, 0.717) is 24.1 Å². The number of hydrogen-bond acceptors (Lipinski definition) is 3. The van der Waals surface area contributed by atoms with Gasteiger partial charge >= 0.3 is 0 Å². The van der Waals surface area contributed by atoms with Crippen LogP contribution in [0.1, 0.15) is 66.6 Å². The third kappa shape index (κ3) is 5.62. The lowest BCUT2D eigenvalue weighted by Gasteiger charge is -2.23. The highest BCUT2D eigenvalue weighted by Gasteiger charge is 2.24. The molecule has 1 N–H and O–H groups in total. The second-order valence-electron chi connectivity index (χ2n) is 8.58. The maximum absolute atomic E-state index is 12.8. The van der Waals surface area contributed by atoms with Crippen LogP contribution in [0.2, 0.25) is 0 Å². The monoisotopic (exact) mass is 408 g/mol. The molecule has 2 aromatic rings. The number of rotatable bonds is 8. The number of hydrogen-bond donors (Lipinski definition) is 1. The van der Waals surface area contributed by atoms with Crippen LogP contribution < -0.4 is 10.1 Å². The standard InChI is InChI=1S/C25H32N2O3/c1-16(2)21-9-6-17(3)23(14-21)30-18(4)25(29)27(5)15-19-7-10-20(11-8-19)24(28)26-22-12-13-22/h6-11,14,16,18,22H,12-13,15H2,1-5H3,(H,26,28)/t18-/m0/s1. The zero-order valence-corrected chi connectivity index (χ0v) is 18.6. The van der Waals surface area contributed by atoms with E-state index in [0.717, 1.165) is 29.7 Å². The van der Waals surface area contributed by atoms with E-state index in [1.165, 1.54) is 5.56 Å². The van der Waals surface area contributed by atoms with Crippen LogP contribution >= 0.6 is 0 Å². The summed E-state index contributed by atoms with van der Waals surface area (Å²) in [7, 11) is 1.77. The minimum atomic E-state index is -0.584. The summed E-state index contributed by atoms with van der Waals surface area (Å²) >= 11 is 0. The number of aryl methyl sites for hydroxylation is 1. The molecule has 0 aromatic heterocycles. The van der Waals surface area contributed by atoms with Crippen molar-refractivity contribution in [3.8, 4) is 5.75 Å². The second-order valence-corrected chi connectivity index (χ2v) is 8.58. The Morgan fingerprint density at radius 3 is 2.37 bits per heavy atom. The molecule has 1 aliphatic rings. The summed E-state index contributed by atoms with van der Waals surface area (Å²) in [6, 6.07) is 13.9. The first-order valence-corrected chi connectivity index (χ1v) is 10.7. The highest BCUT2D eigenvalue weighted by Crippen LogP contribution is 2.25. The van der Waals surface area contributed by atoms with Gasteiger partial charge in [0.1, 0.15) is 5.75 Å². The minimum Gasteiger partial charge on any atom is -0.481 e. The fourth-order valence-electron chi connectivity index (χ4n) is 3.26. The van der Waals surface area contributed by atoms with E-state index in [1.807, 2.05) is 43.3 Å². The van der Waals surface area contributed by atoms with Crippen molar-refractivity contribution in [2.24, 2.45) is 0 Å². The van der Waals surface area contributed by atoms with Crippen LogP contribution in [0.15, 0.2) is 42.5 Å². The largest absolute Gasteiger partial charge is 0.481 e. The van der Waals surface area contributed by atoms with E-state index in [9.17, 15) is 9.59 Å². The van der Waals surface area contributed by atoms with Crippen molar-refractivity contribution in [1.82, 2.24) is 10.2 Å². The lowest BCUT2D eigenvalue weighted by molar-refractivity contribution is -0.137. The fourth-order valence-corrected chi connectivity index (χ4v) is 3.26. The van der Waals surface area contributed by atoms with E-state index < -0.39 is 6.10 Å². The molecule has 0 spiro atoms. The van der Waals surface area contributed by atoms with E-state index in [1.54, 1.807) is 18.9 Å². The first kappa shape index (κ1) is 21.9. The number of ether oxygens (including phenoxy) is 1. The van der Waals surface area contributed by atoms with E-state index in [4.69, 9.17) is 4.74 Å². The Hall–Kier alpha value is -2.82. The minimum absolute atomic E-state index is 0.0329. The molecule has 1 fully saturated rings. The molecule has 160 valence electrons. The zero-order valence-electron chi connectivity index (χ0n) is 18.6. The third-order valence-electron chi connectivity index (χ3n) is 5.46. The van der Waals surface area contributed by atoms with Gasteiger partial charge in [-0.1, -0.05) is 38.1 Å². The van der Waals surface area contributed by atoms with Crippen LogP contribution in [-0.2, 0) is 11.3 Å². The Bertz CT molecular complexity index is 901. The normalized spacial score (nSPS) is 14.3. The van der Waals surface area contributed by atoms with Gasteiger partial charge in [0, 0.05) is 25.2 Å². The molecule has 2 aromatic carbocycles. The lowest BCUT2D eigenvalue weighted by atomic mass is 10.0. The molecule has 5 nitrogen and oxygen atoms in total. The predicted molar refractivity (Wildman–Crippen MR) is 119 cm³/mol. The van der Waals surface area contributed by atoms with Crippen LogP contribution in [0, 0.1) is 6.92 Å². The Morgan fingerprint density at radius 1 is 1.10 bits per heavy atom. The highest BCUT2D eigenvalue weighted by molar-refractivity contribution is 5.94. The van der Waals surface area contributed by atoms with Gasteiger partial charge in [-0.25, -0.2) is 0 Å².